The van der Waals surface area contributed by atoms with Crippen LogP contribution in [0.15, 0.2) is 30.3 Å². The van der Waals surface area contributed by atoms with E-state index in [1.807, 2.05) is 30.3 Å². The summed E-state index contributed by atoms with van der Waals surface area (Å²) in [6.07, 6.45) is 5.57. The van der Waals surface area contributed by atoms with Crippen LogP contribution >= 0.6 is 0 Å². The number of Topliss-reactive ketones (excluding diaryl/α,β-unsaturated/α-hetero) is 1. The summed E-state index contributed by atoms with van der Waals surface area (Å²) in [6, 6.07) is 10.4. The molecule has 1 heterocycles. The van der Waals surface area contributed by atoms with Gasteiger partial charge in [0.25, 0.3) is 0 Å². The molecule has 1 saturated heterocycles. The van der Waals surface area contributed by atoms with Crippen molar-refractivity contribution in [2.75, 3.05) is 13.1 Å². The van der Waals surface area contributed by atoms with Gasteiger partial charge in [-0.1, -0.05) is 37.3 Å². The first-order valence-corrected chi connectivity index (χ1v) is 7.13. The van der Waals surface area contributed by atoms with Crippen LogP contribution in [-0.4, -0.2) is 29.8 Å². The highest BCUT2D eigenvalue weighted by Gasteiger charge is 2.22. The molecule has 0 spiro atoms. The smallest absolute Gasteiger partial charge is 0.162 e. The van der Waals surface area contributed by atoms with E-state index in [9.17, 15) is 4.79 Å². The third kappa shape index (κ3) is 3.42. The van der Waals surface area contributed by atoms with Crippen LogP contribution in [0.4, 0.5) is 0 Å². The van der Waals surface area contributed by atoms with Crippen LogP contribution in [0.25, 0.3) is 0 Å². The summed E-state index contributed by atoms with van der Waals surface area (Å²) in [4.78, 5) is 14.5. The van der Waals surface area contributed by atoms with Crippen molar-refractivity contribution in [3.8, 4) is 0 Å². The Morgan fingerprint density at radius 2 is 2.11 bits per heavy atom. The third-order valence-electron chi connectivity index (χ3n) is 3.92. The molecule has 1 unspecified atom stereocenters. The molecule has 1 aliphatic heterocycles. The second kappa shape index (κ2) is 6.69. The van der Waals surface area contributed by atoms with Crippen LogP contribution in [-0.2, 0) is 0 Å². The Bertz CT molecular complexity index is 374. The molecule has 0 aliphatic carbocycles. The summed E-state index contributed by atoms with van der Waals surface area (Å²) < 4.78 is 0. The van der Waals surface area contributed by atoms with Crippen LogP contribution in [0.1, 0.15) is 49.4 Å². The predicted molar refractivity (Wildman–Crippen MR) is 74.9 cm³/mol. The highest BCUT2D eigenvalue weighted by Crippen LogP contribution is 2.20. The topological polar surface area (TPSA) is 20.3 Å². The second-order valence-corrected chi connectivity index (χ2v) is 5.13. The SMILES string of the molecule is CCC1CCCN1CCCC(=O)c1ccccc1. The zero-order valence-electron chi connectivity index (χ0n) is 11.3. The van der Waals surface area contributed by atoms with Gasteiger partial charge in [-0.05, 0) is 38.8 Å². The van der Waals surface area contributed by atoms with Crippen molar-refractivity contribution in [2.24, 2.45) is 0 Å². The Balaban J connectivity index is 1.74. The summed E-state index contributed by atoms with van der Waals surface area (Å²) in [7, 11) is 0. The molecule has 1 atom stereocenters. The van der Waals surface area contributed by atoms with E-state index in [1.165, 1.54) is 25.8 Å². The number of hydrogen-bond donors (Lipinski definition) is 0. The fourth-order valence-corrected chi connectivity index (χ4v) is 2.86. The summed E-state index contributed by atoms with van der Waals surface area (Å²) in [5.41, 5.74) is 0.853. The van der Waals surface area contributed by atoms with E-state index in [0.717, 1.165) is 24.6 Å². The minimum absolute atomic E-state index is 0.280. The van der Waals surface area contributed by atoms with Crippen LogP contribution < -0.4 is 0 Å². The molecule has 0 aromatic heterocycles. The van der Waals surface area contributed by atoms with Crippen molar-refractivity contribution < 1.29 is 4.79 Å². The number of likely N-dealkylation sites (tertiary alicyclic amines) is 1. The lowest BCUT2D eigenvalue weighted by atomic mass is 10.1. The molecule has 0 amide bonds. The fraction of sp³-hybridized carbons (Fsp3) is 0.562. The van der Waals surface area contributed by atoms with Gasteiger partial charge < -0.3 is 4.90 Å². The van der Waals surface area contributed by atoms with Gasteiger partial charge in [0.1, 0.15) is 0 Å². The minimum Gasteiger partial charge on any atom is -0.300 e. The van der Waals surface area contributed by atoms with E-state index in [2.05, 4.69) is 11.8 Å². The van der Waals surface area contributed by atoms with Crippen molar-refractivity contribution in [3.63, 3.8) is 0 Å². The van der Waals surface area contributed by atoms with Gasteiger partial charge in [-0.2, -0.15) is 0 Å². The number of rotatable bonds is 6. The Morgan fingerprint density at radius 1 is 1.33 bits per heavy atom. The summed E-state index contributed by atoms with van der Waals surface area (Å²) in [5, 5.41) is 0. The maximum atomic E-state index is 12.0. The Hall–Kier alpha value is -1.15. The molecular formula is C16H23NO. The fourth-order valence-electron chi connectivity index (χ4n) is 2.86. The van der Waals surface area contributed by atoms with E-state index in [-0.39, 0.29) is 5.78 Å². The largest absolute Gasteiger partial charge is 0.300 e. The lowest BCUT2D eigenvalue weighted by Gasteiger charge is -2.22. The van der Waals surface area contributed by atoms with E-state index in [4.69, 9.17) is 0 Å². The van der Waals surface area contributed by atoms with E-state index in [0.29, 0.717) is 6.42 Å². The highest BCUT2D eigenvalue weighted by molar-refractivity contribution is 5.95. The molecule has 1 aromatic carbocycles. The van der Waals surface area contributed by atoms with Gasteiger partial charge in [0, 0.05) is 18.0 Å². The van der Waals surface area contributed by atoms with Crippen LogP contribution in [0.3, 0.4) is 0 Å². The van der Waals surface area contributed by atoms with Gasteiger partial charge in [-0.3, -0.25) is 4.79 Å². The molecule has 98 valence electrons. The molecule has 1 aliphatic rings. The number of benzene rings is 1. The maximum Gasteiger partial charge on any atom is 0.162 e. The molecule has 2 rings (SSSR count). The van der Waals surface area contributed by atoms with Crippen molar-refractivity contribution in [1.29, 1.82) is 0 Å². The summed E-state index contributed by atoms with van der Waals surface area (Å²) in [5.74, 6) is 0.280. The number of carbonyl (C=O) groups excluding carboxylic acids is 1. The Morgan fingerprint density at radius 3 is 2.83 bits per heavy atom. The summed E-state index contributed by atoms with van der Waals surface area (Å²) in [6.45, 7) is 4.56. The Labute approximate surface area is 110 Å². The van der Waals surface area contributed by atoms with Gasteiger partial charge in [0.15, 0.2) is 5.78 Å². The number of ketones is 1. The quantitative estimate of drug-likeness (QED) is 0.715. The predicted octanol–water partition coefficient (Wildman–Crippen LogP) is 3.52. The average molecular weight is 245 g/mol. The van der Waals surface area contributed by atoms with Crippen LogP contribution in [0, 0.1) is 0 Å². The van der Waals surface area contributed by atoms with Crippen molar-refractivity contribution >= 4 is 5.78 Å². The highest BCUT2D eigenvalue weighted by atomic mass is 16.1. The van der Waals surface area contributed by atoms with Gasteiger partial charge >= 0.3 is 0 Å². The second-order valence-electron chi connectivity index (χ2n) is 5.13. The van der Waals surface area contributed by atoms with Crippen molar-refractivity contribution in [3.05, 3.63) is 35.9 Å². The lowest BCUT2D eigenvalue weighted by molar-refractivity contribution is 0.0973. The molecule has 1 aromatic rings. The maximum absolute atomic E-state index is 12.0. The van der Waals surface area contributed by atoms with Crippen molar-refractivity contribution in [2.45, 2.75) is 45.1 Å². The van der Waals surface area contributed by atoms with E-state index >= 15 is 0 Å². The third-order valence-corrected chi connectivity index (χ3v) is 3.92. The first-order valence-electron chi connectivity index (χ1n) is 7.13. The van der Waals surface area contributed by atoms with Gasteiger partial charge in [0.05, 0.1) is 0 Å². The Kier molecular flexibility index (Phi) is 4.94. The first-order chi connectivity index (χ1) is 8.81. The molecule has 1 fully saturated rings. The molecule has 0 bridgehead atoms. The number of carbonyl (C=O) groups is 1. The standard InChI is InChI=1S/C16H23NO/c1-2-15-10-6-12-17(15)13-7-11-16(18)14-8-4-3-5-9-14/h3-5,8-9,15H,2,6-7,10-13H2,1H3. The molecule has 0 N–H and O–H groups in total. The normalized spacial score (nSPS) is 20.2. The number of hydrogen-bond acceptors (Lipinski definition) is 2. The van der Waals surface area contributed by atoms with Gasteiger partial charge in [-0.25, -0.2) is 0 Å². The average Bonchev–Trinajstić information content (AvgIpc) is 2.87. The molecule has 0 saturated carbocycles. The number of nitrogens with zero attached hydrogens (tertiary/aromatic N) is 1. The van der Waals surface area contributed by atoms with Crippen molar-refractivity contribution in [1.82, 2.24) is 4.90 Å². The molecule has 0 radical (unpaired) electrons. The molecular weight excluding hydrogens is 222 g/mol. The van der Waals surface area contributed by atoms with Crippen LogP contribution in [0.2, 0.25) is 0 Å². The molecule has 2 nitrogen and oxygen atoms in total. The van der Waals surface area contributed by atoms with E-state index in [1.54, 1.807) is 0 Å². The van der Waals surface area contributed by atoms with Gasteiger partial charge in [-0.15, -0.1) is 0 Å². The molecule has 18 heavy (non-hydrogen) atoms. The lowest BCUT2D eigenvalue weighted by Crippen LogP contribution is -2.30. The van der Waals surface area contributed by atoms with E-state index < -0.39 is 0 Å². The van der Waals surface area contributed by atoms with Gasteiger partial charge in [0.2, 0.25) is 0 Å². The monoisotopic (exact) mass is 245 g/mol. The molecule has 2 heteroatoms. The zero-order valence-corrected chi connectivity index (χ0v) is 11.3. The minimum atomic E-state index is 0.280. The first kappa shape index (κ1) is 13.3. The van der Waals surface area contributed by atoms with Crippen LogP contribution in [0.5, 0.6) is 0 Å². The zero-order chi connectivity index (χ0) is 12.8. The summed E-state index contributed by atoms with van der Waals surface area (Å²) >= 11 is 0.